The molecule has 2 aliphatic heterocycles. The molecule has 9 aromatic carbocycles. The molecule has 0 bridgehead atoms. The summed E-state index contributed by atoms with van der Waals surface area (Å²) in [6.45, 7) is 0. The second kappa shape index (κ2) is 12.3. The lowest BCUT2D eigenvalue weighted by Gasteiger charge is -2.42. The molecule has 0 spiro atoms. The molecule has 0 unspecified atom stereocenters. The molecule has 3 heteroatoms. The Kier molecular flexibility index (Phi) is 7.05. The molecule has 2 heterocycles. The van der Waals surface area contributed by atoms with E-state index in [4.69, 9.17) is 4.74 Å². The molecule has 0 aliphatic carbocycles. The number of anilines is 3. The predicted molar refractivity (Wildman–Crippen MR) is 224 cm³/mol. The summed E-state index contributed by atoms with van der Waals surface area (Å²) in [6.07, 6.45) is 0. The Morgan fingerprint density at radius 2 is 1.06 bits per heavy atom. The van der Waals surface area contributed by atoms with Gasteiger partial charge in [0.2, 0.25) is 0 Å². The summed E-state index contributed by atoms with van der Waals surface area (Å²) in [5.41, 5.74) is 10.0. The molecule has 0 radical (unpaired) electrons. The van der Waals surface area contributed by atoms with Gasteiger partial charge in [-0.05, 0) is 98.1 Å². The van der Waals surface area contributed by atoms with Gasteiger partial charge in [0.15, 0.2) is 11.5 Å². The van der Waals surface area contributed by atoms with Gasteiger partial charge in [0, 0.05) is 20.9 Å². The molecule has 0 atom stereocenters. The van der Waals surface area contributed by atoms with Crippen LogP contribution in [0.5, 0.6) is 11.5 Å². The molecule has 0 saturated carbocycles. The second-order valence-corrected chi connectivity index (χ2v) is 15.2. The van der Waals surface area contributed by atoms with Crippen LogP contribution in [-0.4, -0.2) is 0 Å². The number of rotatable bonds is 4. The van der Waals surface area contributed by atoms with E-state index in [0.29, 0.717) is 0 Å². The van der Waals surface area contributed by atoms with Crippen LogP contribution in [0.4, 0.5) is 17.1 Å². The number of benzene rings is 9. The van der Waals surface area contributed by atoms with E-state index in [1.807, 2.05) is 11.8 Å². The van der Waals surface area contributed by atoms with Gasteiger partial charge in [0.25, 0.3) is 0 Å². The number of hydrogen-bond acceptors (Lipinski definition) is 3. The van der Waals surface area contributed by atoms with E-state index in [9.17, 15) is 0 Å². The maximum Gasteiger partial charge on any atom is 0.159 e. The summed E-state index contributed by atoms with van der Waals surface area (Å²) in [7, 11) is 0. The van der Waals surface area contributed by atoms with Crippen molar-refractivity contribution >= 4 is 50.4 Å². The fourth-order valence-corrected chi connectivity index (χ4v) is 9.86. The van der Waals surface area contributed by atoms with Gasteiger partial charge >= 0.3 is 0 Å². The molecule has 0 N–H and O–H groups in total. The zero-order valence-electron chi connectivity index (χ0n) is 29.3. The van der Waals surface area contributed by atoms with E-state index in [2.05, 4.69) is 205 Å². The minimum atomic E-state index is -0.496. The summed E-state index contributed by atoms with van der Waals surface area (Å²) in [6, 6.07) is 72.8. The normalized spacial score (nSPS) is 13.7. The van der Waals surface area contributed by atoms with Crippen molar-refractivity contribution in [2.45, 2.75) is 15.2 Å². The summed E-state index contributed by atoms with van der Waals surface area (Å²) >= 11 is 1.86. The van der Waals surface area contributed by atoms with Gasteiger partial charge in [0.1, 0.15) is 0 Å². The number of hydrogen-bond donors (Lipinski definition) is 0. The highest BCUT2D eigenvalue weighted by atomic mass is 32.2. The topological polar surface area (TPSA) is 12.5 Å². The third kappa shape index (κ3) is 4.68. The van der Waals surface area contributed by atoms with E-state index in [1.165, 1.54) is 42.8 Å². The van der Waals surface area contributed by atoms with Gasteiger partial charge in [-0.3, -0.25) is 0 Å². The first kappa shape index (κ1) is 31.0. The van der Waals surface area contributed by atoms with Gasteiger partial charge in [-0.25, -0.2) is 0 Å². The van der Waals surface area contributed by atoms with Gasteiger partial charge in [-0.15, -0.1) is 0 Å². The summed E-state index contributed by atoms with van der Waals surface area (Å²) in [5.74, 6) is 1.71. The molecule has 0 saturated heterocycles. The highest BCUT2D eigenvalue weighted by molar-refractivity contribution is 7.99. The van der Waals surface area contributed by atoms with Crippen molar-refractivity contribution in [1.29, 1.82) is 0 Å². The van der Waals surface area contributed by atoms with Crippen molar-refractivity contribution in [1.82, 2.24) is 0 Å². The number of nitrogens with zero attached hydrogens (tertiary/aromatic N) is 1. The SMILES string of the molecule is c1ccc(C2(c3ccccc3)c3ccccc3Sc3ccc(-c4ccc5c(c4)N(c4ccc6ccccc6c4)c4ccc6ccccc6c4O5)cc32)cc1. The lowest BCUT2D eigenvalue weighted by Crippen LogP contribution is -2.34. The summed E-state index contributed by atoms with van der Waals surface area (Å²) < 4.78 is 6.85. The van der Waals surface area contributed by atoms with Crippen molar-refractivity contribution < 1.29 is 4.74 Å². The molecular weight excluding hydrogens is 675 g/mol. The maximum atomic E-state index is 6.85. The molecule has 54 heavy (non-hydrogen) atoms. The fourth-order valence-electron chi connectivity index (χ4n) is 8.69. The standard InChI is InChI=1S/C51H33NOS/c1-3-16-39(17-4-1)51(40-18-5-2-6-19-40)43-21-11-12-22-48(43)54-49-30-26-37(32-44(49)51)38-25-29-47-46(33-38)52(41-27-23-34-13-7-8-15-36(34)31-41)45-28-24-35-14-9-10-20-42(35)50(45)53-47/h1-33H. The average Bonchev–Trinajstić information content (AvgIpc) is 3.25. The first-order chi connectivity index (χ1) is 26.8. The summed E-state index contributed by atoms with van der Waals surface area (Å²) in [4.78, 5) is 4.93. The Labute approximate surface area is 318 Å². The number of fused-ring (bicyclic) bond motifs is 7. The lowest BCUT2D eigenvalue weighted by atomic mass is 9.64. The van der Waals surface area contributed by atoms with Crippen molar-refractivity contribution in [3.05, 3.63) is 222 Å². The van der Waals surface area contributed by atoms with Crippen LogP contribution in [-0.2, 0) is 5.41 Å². The average molecular weight is 708 g/mol. The van der Waals surface area contributed by atoms with Crippen molar-refractivity contribution in [3.63, 3.8) is 0 Å². The number of ether oxygens (including phenoxy) is 1. The Bertz CT molecular complexity index is 2860. The van der Waals surface area contributed by atoms with Crippen LogP contribution in [0.25, 0.3) is 32.7 Å². The fraction of sp³-hybridized carbons (Fsp3) is 0.0196. The Morgan fingerprint density at radius 1 is 0.426 bits per heavy atom. The zero-order valence-corrected chi connectivity index (χ0v) is 30.1. The highest BCUT2D eigenvalue weighted by Gasteiger charge is 2.44. The molecule has 9 aromatic rings. The Morgan fingerprint density at radius 3 is 1.87 bits per heavy atom. The molecular formula is C51H33NOS. The van der Waals surface area contributed by atoms with E-state index in [-0.39, 0.29) is 0 Å². The van der Waals surface area contributed by atoms with Crippen LogP contribution >= 0.6 is 11.8 Å². The molecule has 0 aromatic heterocycles. The maximum absolute atomic E-state index is 6.85. The molecule has 2 aliphatic rings. The minimum Gasteiger partial charge on any atom is -0.452 e. The quantitative estimate of drug-likeness (QED) is 0.181. The van der Waals surface area contributed by atoms with Crippen molar-refractivity contribution in [2.75, 3.05) is 4.90 Å². The zero-order chi connectivity index (χ0) is 35.6. The van der Waals surface area contributed by atoms with Crippen LogP contribution in [0.3, 0.4) is 0 Å². The Hall–Kier alpha value is -6.55. The van der Waals surface area contributed by atoms with Gasteiger partial charge < -0.3 is 9.64 Å². The molecule has 0 fully saturated rings. The van der Waals surface area contributed by atoms with Crippen LogP contribution < -0.4 is 9.64 Å². The van der Waals surface area contributed by atoms with Crippen LogP contribution in [0, 0.1) is 0 Å². The Balaban J connectivity index is 1.13. The van der Waals surface area contributed by atoms with Crippen molar-refractivity contribution in [3.8, 4) is 22.6 Å². The third-order valence-electron chi connectivity index (χ3n) is 11.1. The molecule has 2 nitrogen and oxygen atoms in total. The molecule has 254 valence electrons. The van der Waals surface area contributed by atoms with Gasteiger partial charge in [-0.1, -0.05) is 163 Å². The van der Waals surface area contributed by atoms with Gasteiger partial charge in [0.05, 0.1) is 16.8 Å². The smallest absolute Gasteiger partial charge is 0.159 e. The summed E-state index contributed by atoms with van der Waals surface area (Å²) in [5, 5.41) is 4.67. The second-order valence-electron chi connectivity index (χ2n) is 14.1. The lowest BCUT2D eigenvalue weighted by molar-refractivity contribution is 0.482. The van der Waals surface area contributed by atoms with Crippen LogP contribution in [0.2, 0.25) is 0 Å². The molecule has 11 rings (SSSR count). The monoisotopic (exact) mass is 707 g/mol. The first-order valence-corrected chi connectivity index (χ1v) is 19.2. The van der Waals surface area contributed by atoms with Crippen molar-refractivity contribution in [2.24, 2.45) is 0 Å². The predicted octanol–water partition coefficient (Wildman–Crippen LogP) is 14.1. The first-order valence-electron chi connectivity index (χ1n) is 18.4. The van der Waals surface area contributed by atoms with Crippen LogP contribution in [0.15, 0.2) is 210 Å². The van der Waals surface area contributed by atoms with Crippen LogP contribution in [0.1, 0.15) is 22.3 Å². The highest BCUT2D eigenvalue weighted by Crippen LogP contribution is 2.57. The molecule has 0 amide bonds. The van der Waals surface area contributed by atoms with E-state index >= 15 is 0 Å². The van der Waals surface area contributed by atoms with E-state index < -0.39 is 5.41 Å². The minimum absolute atomic E-state index is 0.496. The third-order valence-corrected chi connectivity index (χ3v) is 12.3. The van der Waals surface area contributed by atoms with Gasteiger partial charge in [-0.2, -0.15) is 0 Å². The van der Waals surface area contributed by atoms with E-state index in [0.717, 1.165) is 50.5 Å². The largest absolute Gasteiger partial charge is 0.452 e. The van der Waals surface area contributed by atoms with E-state index in [1.54, 1.807) is 0 Å².